The Labute approximate surface area is 125 Å². The maximum atomic E-state index is 13.2. The van der Waals surface area contributed by atoms with Gasteiger partial charge >= 0.3 is 0 Å². The van der Waals surface area contributed by atoms with Crippen LogP contribution in [0.2, 0.25) is 0 Å². The van der Waals surface area contributed by atoms with Gasteiger partial charge < -0.3 is 5.11 Å². The second kappa shape index (κ2) is 7.91. The van der Waals surface area contributed by atoms with E-state index in [1.807, 2.05) is 18.2 Å². The van der Waals surface area contributed by atoms with Gasteiger partial charge in [0.2, 0.25) is 0 Å². The highest BCUT2D eigenvalue weighted by molar-refractivity contribution is 5.18. The zero-order chi connectivity index (χ0) is 15.1. The molecule has 0 aliphatic carbocycles. The standard InChI is InChI=1S/C18H22FNO/c1-2-20(14-15-7-4-3-5-8-15)12-11-18(21)16-9-6-10-17(19)13-16/h3-10,13,18,21H,2,11-12,14H2,1H3. The fourth-order valence-electron chi connectivity index (χ4n) is 2.38. The molecule has 0 aromatic heterocycles. The molecule has 0 heterocycles. The third-order valence-electron chi connectivity index (χ3n) is 3.65. The molecule has 0 fully saturated rings. The zero-order valence-electron chi connectivity index (χ0n) is 12.4. The topological polar surface area (TPSA) is 23.5 Å². The van der Waals surface area contributed by atoms with Gasteiger partial charge in [-0.25, -0.2) is 4.39 Å². The van der Waals surface area contributed by atoms with Crippen LogP contribution in [0.15, 0.2) is 54.6 Å². The molecule has 21 heavy (non-hydrogen) atoms. The van der Waals surface area contributed by atoms with E-state index in [0.29, 0.717) is 12.0 Å². The van der Waals surface area contributed by atoms with Gasteiger partial charge in [0, 0.05) is 13.1 Å². The van der Waals surface area contributed by atoms with Gasteiger partial charge in [-0.2, -0.15) is 0 Å². The molecule has 2 aromatic rings. The molecule has 0 aliphatic rings. The first-order valence-corrected chi connectivity index (χ1v) is 7.39. The van der Waals surface area contributed by atoms with E-state index in [1.54, 1.807) is 12.1 Å². The lowest BCUT2D eigenvalue weighted by molar-refractivity contribution is 0.141. The predicted molar refractivity (Wildman–Crippen MR) is 83.4 cm³/mol. The summed E-state index contributed by atoms with van der Waals surface area (Å²) in [4.78, 5) is 2.28. The van der Waals surface area contributed by atoms with Crippen LogP contribution in [0.3, 0.4) is 0 Å². The van der Waals surface area contributed by atoms with Crippen molar-refractivity contribution in [2.24, 2.45) is 0 Å². The number of aliphatic hydroxyl groups excluding tert-OH is 1. The summed E-state index contributed by atoms with van der Waals surface area (Å²) in [5, 5.41) is 10.2. The summed E-state index contributed by atoms with van der Waals surface area (Å²) < 4.78 is 13.2. The SMILES string of the molecule is CCN(CCC(O)c1cccc(F)c1)Cc1ccccc1. The van der Waals surface area contributed by atoms with Crippen LogP contribution in [0, 0.1) is 5.82 Å². The van der Waals surface area contributed by atoms with Crippen molar-refractivity contribution in [1.29, 1.82) is 0 Å². The summed E-state index contributed by atoms with van der Waals surface area (Å²) in [6.07, 6.45) is -0.0186. The van der Waals surface area contributed by atoms with Gasteiger partial charge in [-0.15, -0.1) is 0 Å². The van der Waals surface area contributed by atoms with Crippen LogP contribution >= 0.6 is 0 Å². The number of rotatable bonds is 7. The second-order valence-electron chi connectivity index (χ2n) is 5.21. The molecule has 0 aliphatic heterocycles. The van der Waals surface area contributed by atoms with Crippen LogP contribution in [0.25, 0.3) is 0 Å². The molecule has 0 radical (unpaired) electrons. The summed E-state index contributed by atoms with van der Waals surface area (Å²) in [6.45, 7) is 4.68. The van der Waals surface area contributed by atoms with E-state index < -0.39 is 6.10 Å². The summed E-state index contributed by atoms with van der Waals surface area (Å²) in [5.74, 6) is -0.303. The Morgan fingerprint density at radius 1 is 1.10 bits per heavy atom. The van der Waals surface area contributed by atoms with Gasteiger partial charge in [0.15, 0.2) is 0 Å². The molecule has 112 valence electrons. The van der Waals surface area contributed by atoms with E-state index >= 15 is 0 Å². The Morgan fingerprint density at radius 3 is 2.52 bits per heavy atom. The maximum Gasteiger partial charge on any atom is 0.123 e. The highest BCUT2D eigenvalue weighted by atomic mass is 19.1. The number of hydrogen-bond donors (Lipinski definition) is 1. The van der Waals surface area contributed by atoms with Crippen molar-refractivity contribution in [2.45, 2.75) is 26.0 Å². The van der Waals surface area contributed by atoms with Crippen molar-refractivity contribution in [2.75, 3.05) is 13.1 Å². The van der Waals surface area contributed by atoms with Crippen LogP contribution in [0.5, 0.6) is 0 Å². The Hall–Kier alpha value is -1.71. The van der Waals surface area contributed by atoms with Gasteiger partial charge in [0.1, 0.15) is 5.82 Å². The van der Waals surface area contributed by atoms with Crippen LogP contribution in [0.1, 0.15) is 30.6 Å². The quantitative estimate of drug-likeness (QED) is 0.838. The third-order valence-corrected chi connectivity index (χ3v) is 3.65. The minimum absolute atomic E-state index is 0.303. The highest BCUT2D eigenvalue weighted by Gasteiger charge is 2.11. The molecule has 2 aromatic carbocycles. The fraction of sp³-hybridized carbons (Fsp3) is 0.333. The minimum Gasteiger partial charge on any atom is -0.388 e. The summed E-state index contributed by atoms with van der Waals surface area (Å²) in [6, 6.07) is 16.5. The maximum absolute atomic E-state index is 13.2. The van der Waals surface area contributed by atoms with E-state index in [0.717, 1.165) is 19.6 Å². The van der Waals surface area contributed by atoms with Crippen LogP contribution in [0.4, 0.5) is 4.39 Å². The van der Waals surface area contributed by atoms with E-state index in [9.17, 15) is 9.50 Å². The normalized spacial score (nSPS) is 12.6. The van der Waals surface area contributed by atoms with E-state index in [1.165, 1.54) is 17.7 Å². The van der Waals surface area contributed by atoms with Gasteiger partial charge in [-0.1, -0.05) is 49.4 Å². The Morgan fingerprint density at radius 2 is 1.86 bits per heavy atom. The average Bonchev–Trinajstić information content (AvgIpc) is 2.52. The molecule has 0 saturated carbocycles. The first-order chi connectivity index (χ1) is 10.2. The van der Waals surface area contributed by atoms with Crippen molar-refractivity contribution in [1.82, 2.24) is 4.90 Å². The van der Waals surface area contributed by atoms with E-state index in [-0.39, 0.29) is 5.82 Å². The first kappa shape index (κ1) is 15.7. The molecule has 1 atom stereocenters. The highest BCUT2D eigenvalue weighted by Crippen LogP contribution is 2.18. The monoisotopic (exact) mass is 287 g/mol. The van der Waals surface area contributed by atoms with Crippen molar-refractivity contribution in [3.8, 4) is 0 Å². The lowest BCUT2D eigenvalue weighted by atomic mass is 10.1. The van der Waals surface area contributed by atoms with Crippen molar-refractivity contribution >= 4 is 0 Å². The molecule has 0 saturated heterocycles. The van der Waals surface area contributed by atoms with Gasteiger partial charge in [0.05, 0.1) is 6.10 Å². The van der Waals surface area contributed by atoms with Crippen LogP contribution < -0.4 is 0 Å². The fourth-order valence-corrected chi connectivity index (χ4v) is 2.38. The number of hydrogen-bond acceptors (Lipinski definition) is 2. The molecule has 1 N–H and O–H groups in total. The van der Waals surface area contributed by atoms with Crippen molar-refractivity contribution < 1.29 is 9.50 Å². The third kappa shape index (κ3) is 4.96. The first-order valence-electron chi connectivity index (χ1n) is 7.39. The lowest BCUT2D eigenvalue weighted by Crippen LogP contribution is -2.25. The Bertz CT molecular complexity index is 544. The van der Waals surface area contributed by atoms with Crippen molar-refractivity contribution in [3.05, 3.63) is 71.5 Å². The average molecular weight is 287 g/mol. The zero-order valence-corrected chi connectivity index (χ0v) is 12.4. The number of aliphatic hydroxyl groups is 1. The summed E-state index contributed by atoms with van der Waals surface area (Å²) in [5.41, 5.74) is 1.91. The van der Waals surface area contributed by atoms with E-state index in [2.05, 4.69) is 24.0 Å². The van der Waals surface area contributed by atoms with Crippen LogP contribution in [-0.4, -0.2) is 23.1 Å². The molecule has 2 nitrogen and oxygen atoms in total. The minimum atomic E-state index is -0.620. The van der Waals surface area contributed by atoms with Gasteiger partial charge in [-0.05, 0) is 36.2 Å². The number of halogens is 1. The largest absolute Gasteiger partial charge is 0.388 e. The molecule has 0 bridgehead atoms. The molecule has 2 rings (SSSR count). The molecule has 3 heteroatoms. The molecular formula is C18H22FNO. The number of nitrogens with zero attached hydrogens (tertiary/aromatic N) is 1. The molecule has 0 amide bonds. The molecule has 0 spiro atoms. The summed E-state index contributed by atoms with van der Waals surface area (Å²) in [7, 11) is 0. The van der Waals surface area contributed by atoms with E-state index in [4.69, 9.17) is 0 Å². The smallest absolute Gasteiger partial charge is 0.123 e. The van der Waals surface area contributed by atoms with Gasteiger partial charge in [0.25, 0.3) is 0 Å². The Kier molecular flexibility index (Phi) is 5.90. The molecule has 1 unspecified atom stereocenters. The Balaban J connectivity index is 1.88. The number of benzene rings is 2. The van der Waals surface area contributed by atoms with Crippen molar-refractivity contribution in [3.63, 3.8) is 0 Å². The lowest BCUT2D eigenvalue weighted by Gasteiger charge is -2.22. The van der Waals surface area contributed by atoms with Crippen LogP contribution in [-0.2, 0) is 6.54 Å². The predicted octanol–water partition coefficient (Wildman–Crippen LogP) is 3.77. The van der Waals surface area contributed by atoms with Gasteiger partial charge in [-0.3, -0.25) is 4.90 Å². The summed E-state index contributed by atoms with van der Waals surface area (Å²) >= 11 is 0. The molecular weight excluding hydrogens is 265 g/mol. The second-order valence-corrected chi connectivity index (χ2v) is 5.21.